The van der Waals surface area contributed by atoms with E-state index < -0.39 is 0 Å². The summed E-state index contributed by atoms with van der Waals surface area (Å²) in [4.78, 5) is 0. The van der Waals surface area contributed by atoms with Crippen molar-refractivity contribution in [2.45, 2.75) is 46.0 Å². The lowest BCUT2D eigenvalue weighted by Gasteiger charge is -2.17. The number of rotatable bonds is 1. The van der Waals surface area contributed by atoms with Crippen LogP contribution in [0.15, 0.2) is 12.2 Å². The molecule has 0 heterocycles. The average molecular weight is 152 g/mol. The minimum Gasteiger partial charge on any atom is -0.0999 e. The smallest absolute Gasteiger partial charge is 0.0320 e. The lowest BCUT2D eigenvalue weighted by molar-refractivity contribution is 0.344. The van der Waals surface area contributed by atoms with Gasteiger partial charge in [-0.25, -0.2) is 0 Å². The number of allylic oxidation sites excluding steroid dienone is 1. The van der Waals surface area contributed by atoms with Gasteiger partial charge in [0.05, 0.1) is 0 Å². The first-order valence-electron chi connectivity index (χ1n) is 4.87. The predicted molar refractivity (Wildman–Crippen MR) is 50.6 cm³/mol. The molecule has 0 radical (unpaired) electrons. The van der Waals surface area contributed by atoms with E-state index in [1.54, 1.807) is 0 Å². The van der Waals surface area contributed by atoms with Gasteiger partial charge in [-0.05, 0) is 43.9 Å². The van der Waals surface area contributed by atoms with Crippen LogP contribution in [0.4, 0.5) is 0 Å². The molecule has 0 nitrogen and oxygen atoms in total. The van der Waals surface area contributed by atoms with Crippen molar-refractivity contribution in [1.82, 2.24) is 0 Å². The van der Waals surface area contributed by atoms with E-state index in [9.17, 15) is 0 Å². The Morgan fingerprint density at radius 2 is 2.00 bits per heavy atom. The maximum absolute atomic E-state index is 4.07. The molecule has 0 N–H and O–H groups in total. The fourth-order valence-corrected chi connectivity index (χ4v) is 1.94. The van der Waals surface area contributed by atoms with E-state index in [2.05, 4.69) is 20.4 Å². The summed E-state index contributed by atoms with van der Waals surface area (Å²) in [5.74, 6) is 1.84. The molecule has 64 valence electrons. The fourth-order valence-electron chi connectivity index (χ4n) is 1.94. The van der Waals surface area contributed by atoms with Gasteiger partial charge in [0.1, 0.15) is 0 Å². The van der Waals surface area contributed by atoms with Gasteiger partial charge < -0.3 is 0 Å². The Bertz CT molecular complexity index is 133. The Balaban J connectivity index is 2.40. The van der Waals surface area contributed by atoms with E-state index in [1.807, 2.05) is 0 Å². The van der Waals surface area contributed by atoms with Gasteiger partial charge in [0.25, 0.3) is 0 Å². The summed E-state index contributed by atoms with van der Waals surface area (Å²) in [5, 5.41) is 0. The molecule has 1 saturated carbocycles. The molecule has 1 aliphatic rings. The van der Waals surface area contributed by atoms with Gasteiger partial charge in [0.2, 0.25) is 0 Å². The Hall–Kier alpha value is -0.260. The van der Waals surface area contributed by atoms with Crippen molar-refractivity contribution in [3.8, 4) is 0 Å². The van der Waals surface area contributed by atoms with Crippen molar-refractivity contribution in [2.75, 3.05) is 0 Å². The normalized spacial score (nSPS) is 27.2. The van der Waals surface area contributed by atoms with Gasteiger partial charge in [-0.2, -0.15) is 0 Å². The topological polar surface area (TPSA) is 0 Å². The van der Waals surface area contributed by atoms with E-state index in [0.717, 1.165) is 11.8 Å². The molecule has 0 aromatic rings. The predicted octanol–water partition coefficient (Wildman–Crippen LogP) is 3.78. The molecular formula is C11H20. The zero-order valence-electron chi connectivity index (χ0n) is 7.90. The van der Waals surface area contributed by atoms with Crippen LogP contribution in [-0.2, 0) is 0 Å². The Kier molecular flexibility index (Phi) is 3.16. The fraction of sp³-hybridized carbons (Fsp3) is 0.818. The largest absolute Gasteiger partial charge is 0.0999 e. The van der Waals surface area contributed by atoms with Crippen LogP contribution in [0.3, 0.4) is 0 Å². The zero-order chi connectivity index (χ0) is 8.27. The molecule has 0 aromatic heterocycles. The molecule has 1 aliphatic carbocycles. The number of hydrogen-bond acceptors (Lipinski definition) is 0. The molecule has 0 aliphatic heterocycles. The van der Waals surface area contributed by atoms with Crippen molar-refractivity contribution in [3.63, 3.8) is 0 Å². The molecular weight excluding hydrogens is 132 g/mol. The number of hydrogen-bond donors (Lipinski definition) is 0. The van der Waals surface area contributed by atoms with Crippen LogP contribution in [0.5, 0.6) is 0 Å². The molecule has 0 amide bonds. The highest BCUT2D eigenvalue weighted by molar-refractivity contribution is 4.96. The molecule has 0 saturated heterocycles. The third-order valence-electron chi connectivity index (χ3n) is 2.92. The molecule has 0 bridgehead atoms. The second-order valence-electron chi connectivity index (χ2n) is 4.19. The zero-order valence-corrected chi connectivity index (χ0v) is 7.90. The first-order chi connectivity index (χ1) is 5.20. The van der Waals surface area contributed by atoms with E-state index in [0.29, 0.717) is 0 Å². The molecule has 1 unspecified atom stereocenters. The van der Waals surface area contributed by atoms with Crippen LogP contribution in [-0.4, -0.2) is 0 Å². The molecule has 1 rings (SSSR count). The van der Waals surface area contributed by atoms with Crippen molar-refractivity contribution >= 4 is 0 Å². The third-order valence-corrected chi connectivity index (χ3v) is 2.92. The van der Waals surface area contributed by atoms with E-state index in [4.69, 9.17) is 0 Å². The summed E-state index contributed by atoms with van der Waals surface area (Å²) in [6.45, 7) is 8.76. The highest BCUT2D eigenvalue weighted by atomic mass is 14.2. The highest BCUT2D eigenvalue weighted by Gasteiger charge is 2.16. The maximum Gasteiger partial charge on any atom is -0.0320 e. The van der Waals surface area contributed by atoms with E-state index >= 15 is 0 Å². The minimum atomic E-state index is 0.876. The van der Waals surface area contributed by atoms with Crippen LogP contribution in [0.25, 0.3) is 0 Å². The van der Waals surface area contributed by atoms with E-state index in [-0.39, 0.29) is 0 Å². The Labute approximate surface area is 70.7 Å². The molecule has 0 spiro atoms. The van der Waals surface area contributed by atoms with Crippen molar-refractivity contribution < 1.29 is 0 Å². The van der Waals surface area contributed by atoms with Crippen molar-refractivity contribution in [1.29, 1.82) is 0 Å². The Morgan fingerprint density at radius 3 is 2.64 bits per heavy atom. The quantitative estimate of drug-likeness (QED) is 0.396. The summed E-state index contributed by atoms with van der Waals surface area (Å²) in [6.07, 6.45) is 6.75. The molecule has 0 aromatic carbocycles. The van der Waals surface area contributed by atoms with E-state index in [1.165, 1.54) is 37.7 Å². The van der Waals surface area contributed by atoms with Gasteiger partial charge in [0, 0.05) is 0 Å². The monoisotopic (exact) mass is 152 g/mol. The summed E-state index contributed by atoms with van der Waals surface area (Å²) in [7, 11) is 0. The SMILES string of the molecule is C=C1CCCC(C(C)C)CC1. The summed E-state index contributed by atoms with van der Waals surface area (Å²) >= 11 is 0. The van der Waals surface area contributed by atoms with Crippen LogP contribution in [0, 0.1) is 11.8 Å². The molecule has 0 heteroatoms. The van der Waals surface area contributed by atoms with Gasteiger partial charge in [0.15, 0.2) is 0 Å². The molecule has 11 heavy (non-hydrogen) atoms. The second-order valence-corrected chi connectivity index (χ2v) is 4.19. The standard InChI is InChI=1S/C11H20/c1-9(2)11-6-4-5-10(3)7-8-11/h9,11H,3-8H2,1-2H3. The maximum atomic E-state index is 4.07. The lowest BCUT2D eigenvalue weighted by atomic mass is 9.89. The first-order valence-corrected chi connectivity index (χ1v) is 4.87. The summed E-state index contributed by atoms with van der Waals surface area (Å²) in [5.41, 5.74) is 1.48. The van der Waals surface area contributed by atoms with Gasteiger partial charge in [-0.3, -0.25) is 0 Å². The first kappa shape index (κ1) is 8.83. The summed E-state index contributed by atoms with van der Waals surface area (Å²) < 4.78 is 0. The summed E-state index contributed by atoms with van der Waals surface area (Å²) in [6, 6.07) is 0. The van der Waals surface area contributed by atoms with Gasteiger partial charge in [-0.1, -0.05) is 26.0 Å². The van der Waals surface area contributed by atoms with Crippen LogP contribution in [0.1, 0.15) is 46.0 Å². The van der Waals surface area contributed by atoms with Crippen LogP contribution < -0.4 is 0 Å². The molecule has 1 atom stereocenters. The average Bonchev–Trinajstić information content (AvgIpc) is 2.13. The Morgan fingerprint density at radius 1 is 1.27 bits per heavy atom. The lowest BCUT2D eigenvalue weighted by Crippen LogP contribution is -2.06. The van der Waals surface area contributed by atoms with Crippen molar-refractivity contribution in [3.05, 3.63) is 12.2 Å². The van der Waals surface area contributed by atoms with Gasteiger partial charge in [-0.15, -0.1) is 0 Å². The minimum absolute atomic E-state index is 0.876. The van der Waals surface area contributed by atoms with Crippen LogP contribution in [0.2, 0.25) is 0 Å². The second kappa shape index (κ2) is 3.94. The van der Waals surface area contributed by atoms with Crippen LogP contribution >= 0.6 is 0 Å². The third kappa shape index (κ3) is 2.69. The molecule has 1 fully saturated rings. The highest BCUT2D eigenvalue weighted by Crippen LogP contribution is 2.30. The van der Waals surface area contributed by atoms with Gasteiger partial charge >= 0.3 is 0 Å². The van der Waals surface area contributed by atoms with Crippen molar-refractivity contribution in [2.24, 2.45) is 11.8 Å².